The van der Waals surface area contributed by atoms with Gasteiger partial charge in [0.1, 0.15) is 7.85 Å². The predicted octanol–water partition coefficient (Wildman–Crippen LogP) is 2.10. The average molecular weight is 124 g/mol. The zero-order valence-corrected chi connectivity index (χ0v) is 7.12. The molecule has 0 saturated heterocycles. The van der Waals surface area contributed by atoms with E-state index >= 15 is 0 Å². The Morgan fingerprint density at radius 2 is 1.89 bits per heavy atom. The second kappa shape index (κ2) is 4.66. The van der Waals surface area contributed by atoms with Gasteiger partial charge in [-0.15, -0.1) is 5.47 Å². The number of hydrogen-bond donors (Lipinski definition) is 0. The van der Waals surface area contributed by atoms with Gasteiger partial charge in [0.2, 0.25) is 0 Å². The van der Waals surface area contributed by atoms with Crippen LogP contribution < -0.4 is 0 Å². The maximum atomic E-state index is 2.24. The van der Waals surface area contributed by atoms with E-state index in [1.807, 2.05) is 0 Å². The van der Waals surface area contributed by atoms with Crippen LogP contribution >= 0.6 is 0 Å². The molecule has 0 fully saturated rings. The van der Waals surface area contributed by atoms with Crippen LogP contribution in [0.1, 0.15) is 40.0 Å². The van der Waals surface area contributed by atoms with Crippen molar-refractivity contribution in [3.8, 4) is 0 Å². The van der Waals surface area contributed by atoms with Crippen LogP contribution in [0.2, 0.25) is 0 Å². The smallest absolute Gasteiger partial charge is 0.111 e. The summed E-state index contributed by atoms with van der Waals surface area (Å²) in [6, 6.07) is 0. The van der Waals surface area contributed by atoms with Crippen molar-refractivity contribution >= 4 is 7.85 Å². The number of rotatable bonds is 3. The Hall–Kier alpha value is -0.195. The summed E-state index contributed by atoms with van der Waals surface area (Å²) in [7, 11) is 2.24. The lowest BCUT2D eigenvalue weighted by Gasteiger charge is -2.02. The lowest BCUT2D eigenvalue weighted by molar-refractivity contribution is 0.917. The summed E-state index contributed by atoms with van der Waals surface area (Å²) in [5.74, 6) is 0. The molecule has 9 heavy (non-hydrogen) atoms. The molecule has 0 saturated carbocycles. The summed E-state index contributed by atoms with van der Waals surface area (Å²) in [6.07, 6.45) is 3.77. The Labute approximate surface area is 59.8 Å². The van der Waals surface area contributed by atoms with Crippen LogP contribution in [-0.2, 0) is 0 Å². The van der Waals surface area contributed by atoms with Gasteiger partial charge < -0.3 is 0 Å². The molecule has 0 atom stereocenters. The highest BCUT2D eigenvalue weighted by atomic mass is 13.9. The average Bonchev–Trinajstić information content (AvgIpc) is 1.87. The van der Waals surface area contributed by atoms with Gasteiger partial charge in [0.05, 0.1) is 0 Å². The molecule has 0 heterocycles. The molecule has 0 nitrogen and oxygen atoms in total. The van der Waals surface area contributed by atoms with Gasteiger partial charge in [0, 0.05) is 0 Å². The third-order valence-corrected chi connectivity index (χ3v) is 1.88. The first-order valence-electron chi connectivity index (χ1n) is 3.87. The van der Waals surface area contributed by atoms with Crippen molar-refractivity contribution in [2.45, 2.75) is 40.0 Å². The van der Waals surface area contributed by atoms with E-state index in [4.69, 9.17) is 0 Å². The van der Waals surface area contributed by atoms with Gasteiger partial charge in [-0.2, -0.15) is 0 Å². The van der Waals surface area contributed by atoms with Crippen LogP contribution in [-0.4, -0.2) is 7.85 Å². The van der Waals surface area contributed by atoms with Gasteiger partial charge >= 0.3 is 0 Å². The molecular formula is C8H17B. The third-order valence-electron chi connectivity index (χ3n) is 1.88. The molecule has 0 radical (unpaired) electrons. The second-order valence-corrected chi connectivity index (χ2v) is 2.66. The van der Waals surface area contributed by atoms with Crippen molar-refractivity contribution in [1.82, 2.24) is 0 Å². The maximum Gasteiger partial charge on any atom is 0.133 e. The fraction of sp³-hybridized carbons (Fsp3) is 0.750. The van der Waals surface area contributed by atoms with E-state index in [0.717, 1.165) is 0 Å². The maximum absolute atomic E-state index is 2.24. The zero-order chi connectivity index (χ0) is 7.28. The Kier molecular flexibility index (Phi) is 4.56. The first-order chi connectivity index (χ1) is 4.22. The molecular weight excluding hydrogens is 107 g/mol. The first kappa shape index (κ1) is 8.80. The molecule has 0 bridgehead atoms. The van der Waals surface area contributed by atoms with Gasteiger partial charge in [-0.1, -0.05) is 25.8 Å². The summed E-state index contributed by atoms with van der Waals surface area (Å²) >= 11 is 0. The molecule has 0 aliphatic rings. The monoisotopic (exact) mass is 124 g/mol. The van der Waals surface area contributed by atoms with Crippen LogP contribution in [0, 0.1) is 0 Å². The quantitative estimate of drug-likeness (QED) is 0.505. The minimum absolute atomic E-state index is 1.21. The Balaban J connectivity index is 3.78. The van der Waals surface area contributed by atoms with E-state index in [0.29, 0.717) is 0 Å². The Morgan fingerprint density at radius 1 is 1.33 bits per heavy atom. The summed E-state index contributed by atoms with van der Waals surface area (Å²) in [5.41, 5.74) is 3.15. The van der Waals surface area contributed by atoms with Crippen LogP contribution in [0.15, 0.2) is 11.0 Å². The summed E-state index contributed by atoms with van der Waals surface area (Å²) in [6.45, 7) is 6.67. The molecule has 0 rings (SSSR count). The van der Waals surface area contributed by atoms with E-state index < -0.39 is 0 Å². The topological polar surface area (TPSA) is 0 Å². The molecule has 0 aromatic carbocycles. The van der Waals surface area contributed by atoms with Crippen LogP contribution in [0.4, 0.5) is 0 Å². The standard InChI is InChI=1S/C8H17B/c1-4-6-8(9)7(3)5-2/h4-6,9H2,1-3H3/b8-7+. The Bertz CT molecular complexity index is 103. The van der Waals surface area contributed by atoms with Crippen molar-refractivity contribution in [3.05, 3.63) is 11.0 Å². The van der Waals surface area contributed by atoms with Gasteiger partial charge in [-0.3, -0.25) is 0 Å². The van der Waals surface area contributed by atoms with Crippen LogP contribution in [0.3, 0.4) is 0 Å². The van der Waals surface area contributed by atoms with Crippen molar-refractivity contribution in [1.29, 1.82) is 0 Å². The molecule has 0 aliphatic carbocycles. The summed E-state index contributed by atoms with van der Waals surface area (Å²) < 4.78 is 0. The van der Waals surface area contributed by atoms with Gasteiger partial charge in [0.15, 0.2) is 0 Å². The lowest BCUT2D eigenvalue weighted by atomic mass is 9.86. The molecule has 0 aromatic heterocycles. The van der Waals surface area contributed by atoms with Gasteiger partial charge in [0.25, 0.3) is 0 Å². The molecule has 0 unspecified atom stereocenters. The summed E-state index contributed by atoms with van der Waals surface area (Å²) in [4.78, 5) is 0. The highest BCUT2D eigenvalue weighted by Crippen LogP contribution is 2.09. The van der Waals surface area contributed by atoms with Crippen LogP contribution in [0.5, 0.6) is 0 Å². The fourth-order valence-corrected chi connectivity index (χ4v) is 0.890. The number of allylic oxidation sites excluding steroid dienone is 2. The zero-order valence-electron chi connectivity index (χ0n) is 7.12. The van der Waals surface area contributed by atoms with Crippen molar-refractivity contribution in [2.75, 3.05) is 0 Å². The van der Waals surface area contributed by atoms with Crippen LogP contribution in [0.25, 0.3) is 0 Å². The van der Waals surface area contributed by atoms with E-state index in [1.165, 1.54) is 19.3 Å². The minimum atomic E-state index is 1.21. The predicted molar refractivity (Wildman–Crippen MR) is 46.4 cm³/mol. The van der Waals surface area contributed by atoms with E-state index in [2.05, 4.69) is 28.6 Å². The molecule has 0 aliphatic heterocycles. The highest BCUT2D eigenvalue weighted by molar-refractivity contribution is 6.21. The van der Waals surface area contributed by atoms with Crippen molar-refractivity contribution < 1.29 is 0 Å². The molecule has 52 valence electrons. The molecule has 0 amide bonds. The van der Waals surface area contributed by atoms with Gasteiger partial charge in [-0.25, -0.2) is 0 Å². The molecule has 0 spiro atoms. The van der Waals surface area contributed by atoms with Gasteiger partial charge in [-0.05, 0) is 19.8 Å². The lowest BCUT2D eigenvalue weighted by Crippen LogP contribution is -1.86. The molecule has 0 aromatic rings. The minimum Gasteiger partial charge on any atom is -0.111 e. The molecule has 0 N–H and O–H groups in total. The molecule has 1 heteroatoms. The Morgan fingerprint density at radius 3 is 2.22 bits per heavy atom. The third kappa shape index (κ3) is 3.39. The SMILES string of the molecule is B/C(CCC)=C(\C)CC. The van der Waals surface area contributed by atoms with E-state index in [-0.39, 0.29) is 0 Å². The fourth-order valence-electron chi connectivity index (χ4n) is 0.890. The van der Waals surface area contributed by atoms with E-state index in [9.17, 15) is 0 Å². The second-order valence-electron chi connectivity index (χ2n) is 2.66. The summed E-state index contributed by atoms with van der Waals surface area (Å²) in [5, 5.41) is 0. The first-order valence-corrected chi connectivity index (χ1v) is 3.87. The number of hydrogen-bond acceptors (Lipinski definition) is 0. The highest BCUT2D eigenvalue weighted by Gasteiger charge is 1.91. The van der Waals surface area contributed by atoms with Crippen molar-refractivity contribution in [3.63, 3.8) is 0 Å². The largest absolute Gasteiger partial charge is 0.133 e. The normalized spacial score (nSPS) is 13.2. The van der Waals surface area contributed by atoms with Crippen molar-refractivity contribution in [2.24, 2.45) is 0 Å². The van der Waals surface area contributed by atoms with E-state index in [1.54, 1.807) is 11.0 Å².